The smallest absolute Gasteiger partial charge is 0.258 e. The van der Waals surface area contributed by atoms with Gasteiger partial charge in [0.2, 0.25) is 0 Å². The number of phenolic OH excluding ortho intramolecular Hbond substituents is 1. The van der Waals surface area contributed by atoms with Crippen LogP contribution in [0.1, 0.15) is 5.56 Å². The molecular formula is C11H9BrN4O3. The van der Waals surface area contributed by atoms with Crippen molar-refractivity contribution in [1.29, 1.82) is 0 Å². The van der Waals surface area contributed by atoms with Gasteiger partial charge in [-0.1, -0.05) is 15.9 Å². The van der Waals surface area contributed by atoms with Gasteiger partial charge in [-0.05, 0) is 18.2 Å². The highest BCUT2D eigenvalue weighted by atomic mass is 79.9. The second-order valence-electron chi connectivity index (χ2n) is 3.67. The summed E-state index contributed by atoms with van der Waals surface area (Å²) in [5.41, 5.74) is 4.78. The van der Waals surface area contributed by atoms with Gasteiger partial charge in [0, 0.05) is 16.3 Å². The Morgan fingerprint density at radius 3 is 3.05 bits per heavy atom. The van der Waals surface area contributed by atoms with Crippen LogP contribution in [0.5, 0.6) is 5.75 Å². The fourth-order valence-electron chi connectivity index (χ4n) is 1.36. The van der Waals surface area contributed by atoms with E-state index in [1.807, 2.05) is 0 Å². The van der Waals surface area contributed by atoms with Crippen molar-refractivity contribution in [2.24, 2.45) is 16.1 Å². The number of nitrogens with one attached hydrogen (secondary N) is 2. The van der Waals surface area contributed by atoms with Crippen molar-refractivity contribution in [2.75, 3.05) is 0 Å². The van der Waals surface area contributed by atoms with E-state index < -0.39 is 17.7 Å². The monoisotopic (exact) mass is 324 g/mol. The van der Waals surface area contributed by atoms with Crippen LogP contribution in [-0.2, 0) is 9.59 Å². The van der Waals surface area contributed by atoms with Crippen molar-refractivity contribution in [3.8, 4) is 5.75 Å². The average Bonchev–Trinajstić information content (AvgIpc) is 2.80. The van der Waals surface area contributed by atoms with E-state index in [1.165, 1.54) is 18.5 Å². The first-order chi connectivity index (χ1) is 9.08. The highest BCUT2D eigenvalue weighted by Gasteiger charge is 2.28. The second kappa shape index (κ2) is 5.61. The van der Waals surface area contributed by atoms with Crippen molar-refractivity contribution in [1.82, 2.24) is 10.9 Å². The maximum Gasteiger partial charge on any atom is 0.258 e. The van der Waals surface area contributed by atoms with Crippen molar-refractivity contribution < 1.29 is 14.7 Å². The standard InChI is InChI=1S/C11H9BrN4O3/c12-7-1-2-9(17)6(3-7)4-13-15-10(18)8-5-14-16-11(8)19/h1-5,8,17H,(H,15,18)(H,16,19). The highest BCUT2D eigenvalue weighted by Crippen LogP contribution is 2.19. The molecule has 0 spiro atoms. The van der Waals surface area contributed by atoms with Crippen LogP contribution >= 0.6 is 15.9 Å². The van der Waals surface area contributed by atoms with Crippen LogP contribution in [0.25, 0.3) is 0 Å². The largest absolute Gasteiger partial charge is 0.507 e. The van der Waals surface area contributed by atoms with Gasteiger partial charge in [0.15, 0.2) is 5.92 Å². The number of carbonyl (C=O) groups excluding carboxylic acids is 2. The number of hydrogen-bond donors (Lipinski definition) is 3. The maximum absolute atomic E-state index is 11.5. The first-order valence-electron chi connectivity index (χ1n) is 5.22. The lowest BCUT2D eigenvalue weighted by molar-refractivity contribution is -0.131. The average molecular weight is 325 g/mol. The lowest BCUT2D eigenvalue weighted by atomic mass is 10.1. The fraction of sp³-hybridized carbons (Fsp3) is 0.0909. The molecule has 2 amide bonds. The summed E-state index contributed by atoms with van der Waals surface area (Å²) in [6.07, 6.45) is 2.48. The van der Waals surface area contributed by atoms with E-state index in [4.69, 9.17) is 0 Å². The molecule has 2 rings (SSSR count). The predicted octanol–water partition coefficient (Wildman–Crippen LogP) is 0.337. The third-order valence-corrected chi connectivity index (χ3v) is 2.82. The van der Waals surface area contributed by atoms with Gasteiger partial charge >= 0.3 is 0 Å². The third kappa shape index (κ3) is 3.16. The zero-order chi connectivity index (χ0) is 13.8. The van der Waals surface area contributed by atoms with Crippen LogP contribution in [0, 0.1) is 5.92 Å². The first kappa shape index (κ1) is 13.2. The summed E-state index contributed by atoms with van der Waals surface area (Å²) in [4.78, 5) is 22.7. The van der Waals surface area contributed by atoms with Gasteiger partial charge in [-0.15, -0.1) is 0 Å². The Balaban J connectivity index is 2.00. The second-order valence-corrected chi connectivity index (χ2v) is 4.58. The summed E-state index contributed by atoms with van der Waals surface area (Å²) in [5.74, 6) is -2.04. The van der Waals surface area contributed by atoms with E-state index in [-0.39, 0.29) is 5.75 Å². The minimum Gasteiger partial charge on any atom is -0.507 e. The first-order valence-corrected chi connectivity index (χ1v) is 6.01. The molecule has 1 aliphatic heterocycles. The molecule has 7 nitrogen and oxygen atoms in total. The maximum atomic E-state index is 11.5. The van der Waals surface area contributed by atoms with Gasteiger partial charge in [-0.25, -0.2) is 10.9 Å². The van der Waals surface area contributed by atoms with E-state index in [2.05, 4.69) is 37.0 Å². The molecule has 0 aliphatic carbocycles. The van der Waals surface area contributed by atoms with Gasteiger partial charge in [0.1, 0.15) is 5.75 Å². The van der Waals surface area contributed by atoms with Gasteiger partial charge in [-0.3, -0.25) is 9.59 Å². The molecule has 0 radical (unpaired) electrons. The molecule has 0 saturated carbocycles. The fourth-order valence-corrected chi connectivity index (χ4v) is 1.74. The summed E-state index contributed by atoms with van der Waals surface area (Å²) in [5, 5.41) is 16.7. The number of halogens is 1. The van der Waals surface area contributed by atoms with Gasteiger partial charge in [0.25, 0.3) is 11.8 Å². The lowest BCUT2D eigenvalue weighted by Crippen LogP contribution is -2.34. The molecule has 19 heavy (non-hydrogen) atoms. The topological polar surface area (TPSA) is 103 Å². The lowest BCUT2D eigenvalue weighted by Gasteiger charge is -2.02. The zero-order valence-corrected chi connectivity index (χ0v) is 11.1. The molecule has 0 fully saturated rings. The Morgan fingerprint density at radius 1 is 1.58 bits per heavy atom. The summed E-state index contributed by atoms with van der Waals surface area (Å²) in [6.45, 7) is 0. The minimum absolute atomic E-state index is 0.0290. The van der Waals surface area contributed by atoms with Crippen LogP contribution < -0.4 is 10.9 Å². The molecule has 0 aromatic heterocycles. The predicted molar refractivity (Wildman–Crippen MR) is 71.7 cm³/mol. The number of amides is 2. The molecule has 1 atom stereocenters. The highest BCUT2D eigenvalue weighted by molar-refractivity contribution is 9.10. The molecular weight excluding hydrogens is 316 g/mol. The van der Waals surface area contributed by atoms with E-state index in [9.17, 15) is 14.7 Å². The summed E-state index contributed by atoms with van der Waals surface area (Å²) >= 11 is 3.25. The number of benzene rings is 1. The summed E-state index contributed by atoms with van der Waals surface area (Å²) < 4.78 is 0.764. The number of rotatable bonds is 3. The molecule has 98 valence electrons. The SMILES string of the molecule is O=C(NN=Cc1cc(Br)ccc1O)C1C=NNC1=O. The van der Waals surface area contributed by atoms with Crippen molar-refractivity contribution in [2.45, 2.75) is 0 Å². The Morgan fingerprint density at radius 2 is 2.37 bits per heavy atom. The van der Waals surface area contributed by atoms with Crippen molar-refractivity contribution >= 4 is 40.2 Å². The van der Waals surface area contributed by atoms with Gasteiger partial charge in [-0.2, -0.15) is 10.2 Å². The van der Waals surface area contributed by atoms with Crippen LogP contribution in [0.4, 0.5) is 0 Å². The quantitative estimate of drug-likeness (QED) is 0.424. The van der Waals surface area contributed by atoms with Crippen LogP contribution in [0.2, 0.25) is 0 Å². The number of carbonyl (C=O) groups is 2. The number of phenols is 1. The molecule has 1 aliphatic rings. The molecule has 1 heterocycles. The number of hydrogen-bond acceptors (Lipinski definition) is 5. The molecule has 0 bridgehead atoms. The Kier molecular flexibility index (Phi) is 3.91. The van der Waals surface area contributed by atoms with Gasteiger partial charge < -0.3 is 5.11 Å². The van der Waals surface area contributed by atoms with E-state index in [0.717, 1.165) is 4.47 Å². The Bertz CT molecular complexity index is 585. The molecule has 8 heteroatoms. The molecule has 1 aromatic rings. The van der Waals surface area contributed by atoms with Crippen molar-refractivity contribution in [3.05, 3.63) is 28.2 Å². The van der Waals surface area contributed by atoms with E-state index in [0.29, 0.717) is 5.56 Å². The number of hydrazone groups is 2. The Hall–Kier alpha value is -2.22. The normalized spacial score (nSPS) is 17.7. The van der Waals surface area contributed by atoms with Crippen molar-refractivity contribution in [3.63, 3.8) is 0 Å². The number of nitrogens with zero attached hydrogens (tertiary/aromatic N) is 2. The van der Waals surface area contributed by atoms with Gasteiger partial charge in [0.05, 0.1) is 6.21 Å². The van der Waals surface area contributed by atoms with E-state index in [1.54, 1.807) is 12.1 Å². The van der Waals surface area contributed by atoms with Crippen LogP contribution in [0.3, 0.4) is 0 Å². The molecule has 3 N–H and O–H groups in total. The minimum atomic E-state index is -0.978. The van der Waals surface area contributed by atoms with Crippen LogP contribution in [-0.4, -0.2) is 29.4 Å². The third-order valence-electron chi connectivity index (χ3n) is 2.33. The van der Waals surface area contributed by atoms with Crippen LogP contribution in [0.15, 0.2) is 32.9 Å². The van der Waals surface area contributed by atoms with E-state index >= 15 is 0 Å². The molecule has 0 saturated heterocycles. The zero-order valence-electron chi connectivity index (χ0n) is 9.50. The molecule has 1 unspecified atom stereocenters. The number of aromatic hydroxyl groups is 1. The molecule has 1 aromatic carbocycles. The summed E-state index contributed by atoms with van der Waals surface area (Å²) in [7, 11) is 0. The summed E-state index contributed by atoms with van der Waals surface area (Å²) in [6, 6.07) is 4.80. The Labute approximate surface area is 116 Å².